The van der Waals surface area contributed by atoms with E-state index in [1.54, 1.807) is 0 Å². The molecule has 0 aromatic heterocycles. The quantitative estimate of drug-likeness (QED) is 0.745. The molecule has 0 amide bonds. The number of hydrogen-bond donors (Lipinski definition) is 1. The van der Waals surface area contributed by atoms with Crippen LogP contribution in [0.25, 0.3) is 0 Å². The average Bonchev–Trinajstić information content (AvgIpc) is 3.04. The lowest BCUT2D eigenvalue weighted by Gasteiger charge is -2.09. The van der Waals surface area contributed by atoms with Crippen LogP contribution >= 0.6 is 0 Å². The Balaban J connectivity index is 1.79. The molecule has 2 rings (SSSR count). The summed E-state index contributed by atoms with van der Waals surface area (Å²) in [7, 11) is 0. The molecule has 2 atom stereocenters. The maximum absolute atomic E-state index is 3.68. The summed E-state index contributed by atoms with van der Waals surface area (Å²) in [5.74, 6) is 0.603. The Hall–Kier alpha value is -1.76. The predicted octanol–water partition coefficient (Wildman–Crippen LogP) is 3.77. The van der Waals surface area contributed by atoms with Crippen molar-refractivity contribution < 1.29 is 0 Å². The summed E-state index contributed by atoms with van der Waals surface area (Å²) < 4.78 is 0. The third-order valence-electron chi connectivity index (χ3n) is 3.14. The molecule has 1 aromatic rings. The SMILES string of the molecule is C=C/C=C\C(C)NC1=CC1Cc1cccc(C)c1. The molecule has 0 saturated carbocycles. The minimum atomic E-state index is 0.372. The van der Waals surface area contributed by atoms with E-state index < -0.39 is 0 Å². The van der Waals surface area contributed by atoms with E-state index in [0.717, 1.165) is 6.42 Å². The minimum absolute atomic E-state index is 0.372. The van der Waals surface area contributed by atoms with Crippen LogP contribution in [0.2, 0.25) is 0 Å². The van der Waals surface area contributed by atoms with Crippen LogP contribution in [0, 0.1) is 12.8 Å². The van der Waals surface area contributed by atoms with Crippen molar-refractivity contribution >= 4 is 0 Å². The number of nitrogens with one attached hydrogen (secondary N) is 1. The Morgan fingerprint density at radius 3 is 3.00 bits per heavy atom. The fourth-order valence-corrected chi connectivity index (χ4v) is 2.14. The molecule has 1 nitrogen and oxygen atoms in total. The first-order valence-corrected chi connectivity index (χ1v) is 6.52. The number of hydrogen-bond acceptors (Lipinski definition) is 1. The van der Waals surface area contributed by atoms with Crippen molar-refractivity contribution in [3.8, 4) is 0 Å². The standard InChI is InChI=1S/C17H21N/c1-4-5-8-14(3)18-17-12-16(17)11-15-9-6-7-13(2)10-15/h4-10,12,14,16,18H,1,11H2,2-3H3/b8-5-. The van der Waals surface area contributed by atoms with Crippen molar-refractivity contribution in [2.24, 2.45) is 5.92 Å². The van der Waals surface area contributed by atoms with Crippen molar-refractivity contribution in [1.29, 1.82) is 0 Å². The predicted molar refractivity (Wildman–Crippen MR) is 78.4 cm³/mol. The van der Waals surface area contributed by atoms with Gasteiger partial charge in [-0.15, -0.1) is 0 Å². The van der Waals surface area contributed by atoms with Crippen molar-refractivity contribution in [2.45, 2.75) is 26.3 Å². The van der Waals surface area contributed by atoms with Gasteiger partial charge >= 0.3 is 0 Å². The number of benzene rings is 1. The average molecular weight is 239 g/mol. The molecule has 0 radical (unpaired) electrons. The molecule has 0 spiro atoms. The van der Waals surface area contributed by atoms with Gasteiger partial charge < -0.3 is 5.32 Å². The van der Waals surface area contributed by atoms with E-state index in [-0.39, 0.29) is 0 Å². The number of aryl methyl sites for hydroxylation is 1. The third-order valence-corrected chi connectivity index (χ3v) is 3.14. The van der Waals surface area contributed by atoms with Crippen molar-refractivity contribution in [2.75, 3.05) is 0 Å². The Labute approximate surface area is 110 Å². The Morgan fingerprint density at radius 2 is 2.28 bits per heavy atom. The van der Waals surface area contributed by atoms with E-state index >= 15 is 0 Å². The first-order chi connectivity index (χ1) is 8.69. The monoisotopic (exact) mass is 239 g/mol. The Bertz CT molecular complexity index is 482. The molecule has 94 valence electrons. The summed E-state index contributed by atoms with van der Waals surface area (Å²) in [6, 6.07) is 9.13. The normalized spacial score (nSPS) is 19.4. The van der Waals surface area contributed by atoms with E-state index in [1.807, 2.05) is 12.2 Å². The van der Waals surface area contributed by atoms with E-state index in [9.17, 15) is 0 Å². The lowest BCUT2D eigenvalue weighted by Crippen LogP contribution is -2.20. The summed E-state index contributed by atoms with van der Waals surface area (Å²) in [4.78, 5) is 0. The van der Waals surface area contributed by atoms with Crippen molar-refractivity contribution in [3.05, 3.63) is 72.0 Å². The first kappa shape index (κ1) is 12.7. The maximum atomic E-state index is 3.68. The first-order valence-electron chi connectivity index (χ1n) is 6.52. The van der Waals surface area contributed by atoms with Gasteiger partial charge in [-0.1, -0.05) is 60.7 Å². The van der Waals surface area contributed by atoms with Crippen LogP contribution in [0.15, 0.2) is 60.8 Å². The van der Waals surface area contributed by atoms with Crippen LogP contribution in [0.3, 0.4) is 0 Å². The highest BCUT2D eigenvalue weighted by Crippen LogP contribution is 2.30. The summed E-state index contributed by atoms with van der Waals surface area (Å²) in [6.45, 7) is 7.98. The molecule has 0 aliphatic heterocycles. The van der Waals surface area contributed by atoms with Crippen LogP contribution < -0.4 is 5.32 Å². The smallest absolute Gasteiger partial charge is 0.0416 e. The van der Waals surface area contributed by atoms with Gasteiger partial charge in [-0.3, -0.25) is 0 Å². The summed E-state index contributed by atoms with van der Waals surface area (Å²) >= 11 is 0. The molecule has 18 heavy (non-hydrogen) atoms. The largest absolute Gasteiger partial charge is 0.382 e. The molecule has 1 aromatic carbocycles. The fraction of sp³-hybridized carbons (Fsp3) is 0.294. The summed E-state index contributed by atoms with van der Waals surface area (Å²) in [5.41, 5.74) is 4.13. The highest BCUT2D eigenvalue weighted by Gasteiger charge is 2.25. The van der Waals surface area contributed by atoms with E-state index in [1.165, 1.54) is 16.8 Å². The molecule has 1 heteroatoms. The van der Waals surface area contributed by atoms with Gasteiger partial charge in [0, 0.05) is 17.7 Å². The van der Waals surface area contributed by atoms with Gasteiger partial charge in [-0.25, -0.2) is 0 Å². The zero-order valence-electron chi connectivity index (χ0n) is 11.2. The molecular weight excluding hydrogens is 218 g/mol. The molecule has 1 aliphatic carbocycles. The molecule has 1 N–H and O–H groups in total. The van der Waals surface area contributed by atoms with Crippen LogP contribution in [-0.2, 0) is 6.42 Å². The molecule has 0 bridgehead atoms. The number of allylic oxidation sites excluding steroid dienone is 4. The minimum Gasteiger partial charge on any atom is -0.382 e. The van der Waals surface area contributed by atoms with Crippen molar-refractivity contribution in [1.82, 2.24) is 5.32 Å². The zero-order chi connectivity index (χ0) is 13.0. The van der Waals surface area contributed by atoms with Gasteiger partial charge in [-0.05, 0) is 25.8 Å². The molecular formula is C17H21N. The second-order valence-corrected chi connectivity index (χ2v) is 4.98. The van der Waals surface area contributed by atoms with Gasteiger partial charge in [0.1, 0.15) is 0 Å². The Morgan fingerprint density at radius 1 is 1.44 bits per heavy atom. The highest BCUT2D eigenvalue weighted by molar-refractivity contribution is 5.33. The molecule has 2 unspecified atom stereocenters. The van der Waals surface area contributed by atoms with Crippen LogP contribution in [0.1, 0.15) is 18.1 Å². The number of rotatable bonds is 6. The van der Waals surface area contributed by atoms with Crippen LogP contribution in [0.5, 0.6) is 0 Å². The van der Waals surface area contributed by atoms with Gasteiger partial charge in [0.05, 0.1) is 0 Å². The molecule has 1 aliphatic rings. The van der Waals surface area contributed by atoms with Crippen LogP contribution in [0.4, 0.5) is 0 Å². The molecule has 0 saturated heterocycles. The van der Waals surface area contributed by atoms with E-state index in [2.05, 4.69) is 62.2 Å². The van der Waals surface area contributed by atoms with E-state index in [4.69, 9.17) is 0 Å². The second-order valence-electron chi connectivity index (χ2n) is 4.98. The highest BCUT2D eigenvalue weighted by atomic mass is 14.9. The third kappa shape index (κ3) is 3.63. The lowest BCUT2D eigenvalue weighted by molar-refractivity contribution is 0.697. The summed E-state index contributed by atoms with van der Waals surface area (Å²) in [6.07, 6.45) is 9.33. The fourth-order valence-electron chi connectivity index (χ4n) is 2.14. The topological polar surface area (TPSA) is 12.0 Å². The van der Waals surface area contributed by atoms with Gasteiger partial charge in [0.15, 0.2) is 0 Å². The van der Waals surface area contributed by atoms with Gasteiger partial charge in [0.25, 0.3) is 0 Å². The molecule has 0 fully saturated rings. The van der Waals surface area contributed by atoms with Crippen molar-refractivity contribution in [3.63, 3.8) is 0 Å². The van der Waals surface area contributed by atoms with Gasteiger partial charge in [-0.2, -0.15) is 0 Å². The molecule has 0 heterocycles. The zero-order valence-corrected chi connectivity index (χ0v) is 11.2. The van der Waals surface area contributed by atoms with E-state index in [0.29, 0.717) is 12.0 Å². The second kappa shape index (κ2) is 5.72. The Kier molecular flexibility index (Phi) is 4.03. The maximum Gasteiger partial charge on any atom is 0.0416 e. The lowest BCUT2D eigenvalue weighted by atomic mass is 10.1. The van der Waals surface area contributed by atoms with Gasteiger partial charge in [0.2, 0.25) is 0 Å². The summed E-state index contributed by atoms with van der Waals surface area (Å²) in [5, 5.41) is 3.50. The van der Waals surface area contributed by atoms with Crippen LogP contribution in [-0.4, -0.2) is 6.04 Å².